The summed E-state index contributed by atoms with van der Waals surface area (Å²) >= 11 is 6.12. The second kappa shape index (κ2) is 8.46. The van der Waals surface area contributed by atoms with Crippen LogP contribution >= 0.6 is 11.6 Å². The number of H-pyrrole nitrogens is 1. The van der Waals surface area contributed by atoms with Gasteiger partial charge < -0.3 is 9.72 Å². The summed E-state index contributed by atoms with van der Waals surface area (Å²) in [6.45, 7) is 2.38. The predicted octanol–water partition coefficient (Wildman–Crippen LogP) is 3.13. The summed E-state index contributed by atoms with van der Waals surface area (Å²) in [6.07, 6.45) is 3.34. The molecule has 7 nitrogen and oxygen atoms in total. The average Bonchev–Trinajstić information content (AvgIpc) is 3.21. The Labute approximate surface area is 168 Å². The van der Waals surface area contributed by atoms with E-state index < -0.39 is 22.6 Å². The number of aromatic amines is 1. The Kier molecular flexibility index (Phi) is 6.22. The lowest BCUT2D eigenvalue weighted by Gasteiger charge is -2.30. The minimum atomic E-state index is -3.83. The van der Waals surface area contributed by atoms with Crippen molar-refractivity contribution in [1.82, 2.24) is 9.29 Å². The number of ether oxygens (including phenoxy) is 1. The van der Waals surface area contributed by atoms with Gasteiger partial charge >= 0.3 is 5.97 Å². The summed E-state index contributed by atoms with van der Waals surface area (Å²) < 4.78 is 32.4. The third kappa shape index (κ3) is 4.45. The highest BCUT2D eigenvalue weighted by atomic mass is 35.5. The van der Waals surface area contributed by atoms with Gasteiger partial charge in [0.2, 0.25) is 15.8 Å². The van der Waals surface area contributed by atoms with Crippen LogP contribution in [-0.2, 0) is 14.8 Å². The molecule has 1 aliphatic rings. The summed E-state index contributed by atoms with van der Waals surface area (Å²) in [4.78, 5) is 26.8. The molecule has 1 N–H and O–H groups in total. The molecule has 1 aromatic carbocycles. The van der Waals surface area contributed by atoms with Crippen LogP contribution in [0.4, 0.5) is 0 Å². The number of rotatable bonds is 6. The number of halogens is 1. The first-order chi connectivity index (χ1) is 13.3. The van der Waals surface area contributed by atoms with Crippen molar-refractivity contribution < 1.29 is 22.7 Å². The van der Waals surface area contributed by atoms with Crippen LogP contribution in [0.5, 0.6) is 0 Å². The van der Waals surface area contributed by atoms with E-state index >= 15 is 0 Å². The molecule has 1 fully saturated rings. The number of Topliss-reactive ketones (excluding diaryl/α,β-unsaturated/α-hetero) is 1. The largest absolute Gasteiger partial charge is 0.454 e. The van der Waals surface area contributed by atoms with Crippen molar-refractivity contribution >= 4 is 33.4 Å². The number of piperidine rings is 1. The molecule has 0 radical (unpaired) electrons. The summed E-state index contributed by atoms with van der Waals surface area (Å²) in [6, 6.07) is 7.17. The fourth-order valence-electron chi connectivity index (χ4n) is 3.13. The third-order valence-corrected chi connectivity index (χ3v) is 6.98. The second-order valence-corrected chi connectivity index (χ2v) is 9.15. The van der Waals surface area contributed by atoms with Gasteiger partial charge in [-0.05, 0) is 49.1 Å². The predicted molar refractivity (Wildman–Crippen MR) is 104 cm³/mol. The Morgan fingerprint density at radius 1 is 1.32 bits per heavy atom. The van der Waals surface area contributed by atoms with E-state index in [9.17, 15) is 18.0 Å². The van der Waals surface area contributed by atoms with E-state index in [2.05, 4.69) is 4.98 Å². The van der Waals surface area contributed by atoms with Crippen LogP contribution in [-0.4, -0.2) is 49.2 Å². The molecule has 28 heavy (non-hydrogen) atoms. The van der Waals surface area contributed by atoms with Crippen molar-refractivity contribution in [2.45, 2.75) is 24.7 Å². The van der Waals surface area contributed by atoms with Crippen LogP contribution in [0.3, 0.4) is 0 Å². The number of esters is 1. The van der Waals surface area contributed by atoms with Crippen LogP contribution in [0.25, 0.3) is 0 Å². The Bertz CT molecular complexity index is 972. The van der Waals surface area contributed by atoms with E-state index in [4.69, 9.17) is 16.3 Å². The number of ketones is 1. The van der Waals surface area contributed by atoms with Gasteiger partial charge in [-0.2, -0.15) is 4.31 Å². The van der Waals surface area contributed by atoms with Gasteiger partial charge in [-0.25, -0.2) is 13.2 Å². The highest BCUT2D eigenvalue weighted by Crippen LogP contribution is 2.29. The highest BCUT2D eigenvalue weighted by Gasteiger charge is 2.31. The molecule has 0 saturated carbocycles. The minimum absolute atomic E-state index is 0.0207. The molecular weight excluding hydrogens is 404 g/mol. The maximum absolute atomic E-state index is 13.0. The van der Waals surface area contributed by atoms with E-state index in [0.29, 0.717) is 18.8 Å². The fourth-order valence-corrected chi connectivity index (χ4v) is 5.23. The Morgan fingerprint density at radius 3 is 2.79 bits per heavy atom. The zero-order valence-electron chi connectivity index (χ0n) is 15.4. The molecule has 0 aliphatic carbocycles. The first-order valence-corrected chi connectivity index (χ1v) is 10.7. The Hall–Kier alpha value is -2.16. The monoisotopic (exact) mass is 424 g/mol. The molecule has 3 rings (SSSR count). The normalized spacial score (nSPS) is 18.0. The number of nitrogens with one attached hydrogen (secondary N) is 1. The van der Waals surface area contributed by atoms with Crippen LogP contribution in [0.15, 0.2) is 41.4 Å². The van der Waals surface area contributed by atoms with Gasteiger partial charge in [0, 0.05) is 19.3 Å². The lowest BCUT2D eigenvalue weighted by atomic mass is 10.0. The number of carbonyl (C=O) groups is 2. The quantitative estimate of drug-likeness (QED) is 0.567. The first kappa shape index (κ1) is 20.6. The number of nitrogens with zero attached hydrogens (tertiary/aromatic N) is 1. The molecule has 0 amide bonds. The lowest BCUT2D eigenvalue weighted by Crippen LogP contribution is -2.39. The number of aromatic nitrogens is 1. The van der Waals surface area contributed by atoms with Crippen molar-refractivity contribution in [2.75, 3.05) is 19.7 Å². The van der Waals surface area contributed by atoms with Gasteiger partial charge in [0.25, 0.3) is 0 Å². The fraction of sp³-hybridized carbons (Fsp3) is 0.368. The zero-order chi connectivity index (χ0) is 20.3. The van der Waals surface area contributed by atoms with Crippen LogP contribution in [0, 0.1) is 5.92 Å². The zero-order valence-corrected chi connectivity index (χ0v) is 16.9. The molecule has 1 unspecified atom stereocenters. The van der Waals surface area contributed by atoms with Crippen LogP contribution in [0.1, 0.15) is 40.6 Å². The molecule has 9 heteroatoms. The Morgan fingerprint density at radius 2 is 2.11 bits per heavy atom. The van der Waals surface area contributed by atoms with Crippen molar-refractivity contribution in [1.29, 1.82) is 0 Å². The second-order valence-electron chi connectivity index (χ2n) is 6.84. The molecule has 150 valence electrons. The van der Waals surface area contributed by atoms with Crippen molar-refractivity contribution in [3.63, 3.8) is 0 Å². The van der Waals surface area contributed by atoms with E-state index in [-0.39, 0.29) is 27.2 Å². The number of carbonyl (C=O) groups excluding carboxylic acids is 2. The van der Waals surface area contributed by atoms with Gasteiger partial charge in [-0.15, -0.1) is 0 Å². The van der Waals surface area contributed by atoms with E-state index in [0.717, 1.165) is 12.8 Å². The van der Waals surface area contributed by atoms with Crippen molar-refractivity contribution in [3.05, 3.63) is 52.8 Å². The van der Waals surface area contributed by atoms with E-state index in [1.807, 2.05) is 6.92 Å². The van der Waals surface area contributed by atoms with E-state index in [1.54, 1.807) is 18.3 Å². The van der Waals surface area contributed by atoms with Gasteiger partial charge in [0.1, 0.15) is 4.90 Å². The highest BCUT2D eigenvalue weighted by molar-refractivity contribution is 7.89. The SMILES string of the molecule is CC1CCCN(S(=O)(=O)c2cc(C(=O)OCC(=O)c3ccc[nH]3)ccc2Cl)C1. The standard InChI is InChI=1S/C19H21ClN2O5S/c1-13-4-3-9-22(11-13)28(25,26)18-10-14(6-7-15(18)20)19(24)27-12-17(23)16-5-2-8-21-16/h2,5-8,10,13,21H,3-4,9,11-12H2,1H3. The molecule has 1 atom stereocenters. The summed E-state index contributed by atoms with van der Waals surface area (Å²) in [5.41, 5.74) is 0.346. The van der Waals surface area contributed by atoms with Crippen molar-refractivity contribution in [3.8, 4) is 0 Å². The maximum Gasteiger partial charge on any atom is 0.338 e. The third-order valence-electron chi connectivity index (χ3n) is 4.64. The summed E-state index contributed by atoms with van der Waals surface area (Å²) in [5, 5.41) is 0.0391. The van der Waals surface area contributed by atoms with Gasteiger partial charge in [0.15, 0.2) is 6.61 Å². The van der Waals surface area contributed by atoms with E-state index in [1.165, 1.54) is 22.5 Å². The molecule has 0 spiro atoms. The molecule has 0 bridgehead atoms. The maximum atomic E-state index is 13.0. The Balaban J connectivity index is 1.77. The summed E-state index contributed by atoms with van der Waals surface area (Å²) in [7, 11) is -3.83. The number of benzene rings is 1. The van der Waals surface area contributed by atoms with Crippen molar-refractivity contribution in [2.24, 2.45) is 5.92 Å². The number of hydrogen-bond acceptors (Lipinski definition) is 5. The van der Waals surface area contributed by atoms with Gasteiger partial charge in [0.05, 0.1) is 16.3 Å². The molecule has 1 saturated heterocycles. The topological polar surface area (TPSA) is 96.5 Å². The lowest BCUT2D eigenvalue weighted by molar-refractivity contribution is 0.0473. The first-order valence-electron chi connectivity index (χ1n) is 8.92. The smallest absolute Gasteiger partial charge is 0.338 e. The van der Waals surface area contributed by atoms with Crippen LogP contribution in [0.2, 0.25) is 5.02 Å². The van der Waals surface area contributed by atoms with Gasteiger partial charge in [-0.3, -0.25) is 4.79 Å². The number of sulfonamides is 1. The van der Waals surface area contributed by atoms with Gasteiger partial charge in [-0.1, -0.05) is 18.5 Å². The molecule has 2 heterocycles. The molecule has 2 aromatic rings. The molecule has 1 aliphatic heterocycles. The minimum Gasteiger partial charge on any atom is -0.454 e. The van der Waals surface area contributed by atoms with Crippen LogP contribution < -0.4 is 0 Å². The number of hydrogen-bond donors (Lipinski definition) is 1. The molecular formula is C19H21ClN2O5S. The molecule has 1 aromatic heterocycles. The summed E-state index contributed by atoms with van der Waals surface area (Å²) in [5.74, 6) is -0.919. The average molecular weight is 425 g/mol.